The van der Waals surface area contributed by atoms with E-state index in [0.29, 0.717) is 20.2 Å². The number of H-pyrrole nitrogens is 1. The number of nitriles is 1. The topological polar surface area (TPSA) is 90.8 Å². The third-order valence-corrected chi connectivity index (χ3v) is 6.87. The minimum Gasteiger partial charge on any atom is -0.346 e. The molecule has 0 aliphatic rings. The van der Waals surface area contributed by atoms with E-state index in [1.54, 1.807) is 18.2 Å². The van der Waals surface area contributed by atoms with Crippen LogP contribution in [0, 0.1) is 11.3 Å². The number of Topliss-reactive ketones (excluding diaryl/α,β-unsaturated/α-hetero) is 1. The number of aromatic amines is 1. The van der Waals surface area contributed by atoms with Gasteiger partial charge in [-0.3, -0.25) is 13.8 Å². The number of hydrogen-bond donors (Lipinski definition) is 2. The number of ketones is 1. The van der Waals surface area contributed by atoms with Crippen molar-refractivity contribution in [3.05, 3.63) is 54.8 Å². The van der Waals surface area contributed by atoms with Gasteiger partial charge in [-0.25, -0.2) is 0 Å². The molecule has 9 heteroatoms. The molecule has 2 aromatic heterocycles. The Morgan fingerprint density at radius 3 is 2.73 bits per heavy atom. The van der Waals surface area contributed by atoms with E-state index >= 15 is 0 Å². The standard InChI is InChI=1S/C17H11ClN2O3S3/c1-8(21)13-16(22)14-11(18)4-5-12(24)15(14)20-17(13)26(23)7-10-3-2-9(6-19)25-10/h2-5,24H,7H2,1H3,(H,20,22). The summed E-state index contributed by atoms with van der Waals surface area (Å²) in [4.78, 5) is 29.5. The van der Waals surface area contributed by atoms with Crippen molar-refractivity contribution in [3.8, 4) is 6.07 Å². The van der Waals surface area contributed by atoms with Gasteiger partial charge >= 0.3 is 0 Å². The Morgan fingerprint density at radius 2 is 2.12 bits per heavy atom. The SMILES string of the molecule is CC(=O)c1c(S(=O)Cc2ccc(C#N)s2)[nH]c2c(S)ccc(Cl)c2c1=O. The maximum atomic E-state index is 12.9. The highest BCUT2D eigenvalue weighted by atomic mass is 35.5. The molecular formula is C17H11ClN2O3S3. The van der Waals surface area contributed by atoms with Crippen LogP contribution in [0.15, 0.2) is 39.0 Å². The molecule has 0 aliphatic carbocycles. The van der Waals surface area contributed by atoms with Crippen molar-refractivity contribution in [2.24, 2.45) is 0 Å². The van der Waals surface area contributed by atoms with Gasteiger partial charge in [0.25, 0.3) is 0 Å². The molecule has 5 nitrogen and oxygen atoms in total. The summed E-state index contributed by atoms with van der Waals surface area (Å²) in [5.41, 5.74) is -0.406. The first-order valence-corrected chi connectivity index (χ1v) is 10.2. The number of aromatic nitrogens is 1. The van der Waals surface area contributed by atoms with E-state index < -0.39 is 22.0 Å². The molecule has 3 aromatic rings. The zero-order valence-electron chi connectivity index (χ0n) is 13.3. The van der Waals surface area contributed by atoms with Crippen molar-refractivity contribution in [3.63, 3.8) is 0 Å². The van der Waals surface area contributed by atoms with Gasteiger partial charge in [-0.05, 0) is 31.2 Å². The number of benzene rings is 1. The summed E-state index contributed by atoms with van der Waals surface area (Å²) < 4.78 is 12.9. The highest BCUT2D eigenvalue weighted by Gasteiger charge is 2.23. The minimum atomic E-state index is -1.69. The number of thiol groups is 1. The molecule has 1 atom stereocenters. The summed E-state index contributed by atoms with van der Waals surface area (Å²) in [6.07, 6.45) is 0. The molecule has 0 aliphatic heterocycles. The van der Waals surface area contributed by atoms with E-state index in [-0.39, 0.29) is 26.8 Å². The largest absolute Gasteiger partial charge is 0.346 e. The van der Waals surface area contributed by atoms with E-state index in [9.17, 15) is 13.8 Å². The Kier molecular flexibility index (Phi) is 5.34. The van der Waals surface area contributed by atoms with Crippen LogP contribution in [0.4, 0.5) is 0 Å². The van der Waals surface area contributed by atoms with E-state index in [2.05, 4.69) is 17.6 Å². The molecule has 0 bridgehead atoms. The van der Waals surface area contributed by atoms with Gasteiger partial charge in [-0.15, -0.1) is 24.0 Å². The van der Waals surface area contributed by atoms with Gasteiger partial charge < -0.3 is 4.98 Å². The Hall–Kier alpha value is -1.92. The third-order valence-electron chi connectivity index (χ3n) is 3.68. The van der Waals surface area contributed by atoms with Gasteiger partial charge in [-0.1, -0.05) is 11.6 Å². The van der Waals surface area contributed by atoms with E-state index in [4.69, 9.17) is 16.9 Å². The number of hydrogen-bond acceptors (Lipinski definition) is 6. The highest BCUT2D eigenvalue weighted by Crippen LogP contribution is 2.28. The molecule has 3 rings (SSSR count). The zero-order valence-corrected chi connectivity index (χ0v) is 16.6. The van der Waals surface area contributed by atoms with Crippen LogP contribution in [0.25, 0.3) is 10.9 Å². The van der Waals surface area contributed by atoms with Crippen LogP contribution in [-0.4, -0.2) is 15.0 Å². The maximum absolute atomic E-state index is 12.9. The lowest BCUT2D eigenvalue weighted by atomic mass is 10.1. The predicted octanol–water partition coefficient (Wildman–Crippen LogP) is 3.91. The number of nitrogens with zero attached hydrogens (tertiary/aromatic N) is 1. The quantitative estimate of drug-likeness (QED) is 0.492. The number of nitrogens with one attached hydrogen (secondary N) is 1. The summed E-state index contributed by atoms with van der Waals surface area (Å²) in [7, 11) is -1.69. The molecule has 0 saturated heterocycles. The fraction of sp³-hybridized carbons (Fsp3) is 0.118. The number of carbonyl (C=O) groups is 1. The second-order valence-corrected chi connectivity index (χ2v) is 8.84. The van der Waals surface area contributed by atoms with Gasteiger partial charge in [0.2, 0.25) is 5.43 Å². The molecule has 0 radical (unpaired) electrons. The molecule has 0 saturated carbocycles. The van der Waals surface area contributed by atoms with Crippen molar-refractivity contribution in [2.45, 2.75) is 22.6 Å². The molecule has 132 valence electrons. The Bertz CT molecular complexity index is 1170. The Balaban J connectivity index is 2.21. The maximum Gasteiger partial charge on any atom is 0.202 e. The van der Waals surface area contributed by atoms with Crippen LogP contribution in [0.3, 0.4) is 0 Å². The molecule has 1 aromatic carbocycles. The van der Waals surface area contributed by atoms with Gasteiger partial charge in [0, 0.05) is 9.77 Å². The van der Waals surface area contributed by atoms with E-state index in [1.807, 2.05) is 6.07 Å². The molecule has 1 N–H and O–H groups in total. The fourth-order valence-corrected chi connectivity index (χ4v) is 5.35. The van der Waals surface area contributed by atoms with Crippen LogP contribution in [0.5, 0.6) is 0 Å². The first-order chi connectivity index (χ1) is 12.3. The van der Waals surface area contributed by atoms with Crippen LogP contribution in [0.1, 0.15) is 27.0 Å². The summed E-state index contributed by atoms with van der Waals surface area (Å²) in [5, 5.41) is 9.28. The van der Waals surface area contributed by atoms with Crippen LogP contribution >= 0.6 is 35.6 Å². The molecule has 0 fully saturated rings. The van der Waals surface area contributed by atoms with Gasteiger partial charge in [0.15, 0.2) is 5.78 Å². The lowest BCUT2D eigenvalue weighted by molar-refractivity contribution is 0.101. The van der Waals surface area contributed by atoms with Crippen molar-refractivity contribution in [1.29, 1.82) is 5.26 Å². The van der Waals surface area contributed by atoms with Crippen LogP contribution in [0.2, 0.25) is 5.02 Å². The summed E-state index contributed by atoms with van der Waals surface area (Å²) in [5.74, 6) is -0.419. The lowest BCUT2D eigenvalue weighted by Gasteiger charge is -2.11. The van der Waals surface area contributed by atoms with Crippen molar-refractivity contribution < 1.29 is 9.00 Å². The van der Waals surface area contributed by atoms with E-state index in [0.717, 1.165) is 0 Å². The average Bonchev–Trinajstić information content (AvgIpc) is 3.04. The van der Waals surface area contributed by atoms with Crippen LogP contribution in [-0.2, 0) is 16.6 Å². The molecule has 0 spiro atoms. The van der Waals surface area contributed by atoms with Gasteiger partial charge in [-0.2, -0.15) is 5.26 Å². The number of halogens is 1. The first kappa shape index (κ1) is 18.9. The summed E-state index contributed by atoms with van der Waals surface area (Å²) in [6.45, 7) is 1.24. The van der Waals surface area contributed by atoms with Crippen LogP contribution < -0.4 is 5.43 Å². The van der Waals surface area contributed by atoms with Gasteiger partial charge in [0.05, 0.1) is 38.0 Å². The second-order valence-electron chi connectivity index (χ2n) is 5.40. The highest BCUT2D eigenvalue weighted by molar-refractivity contribution is 7.84. The normalized spacial score (nSPS) is 12.1. The number of fused-ring (bicyclic) bond motifs is 1. The summed E-state index contributed by atoms with van der Waals surface area (Å²) in [6, 6.07) is 8.50. The molecule has 2 heterocycles. The number of rotatable bonds is 4. The third kappa shape index (κ3) is 3.35. The van der Waals surface area contributed by atoms with E-state index in [1.165, 1.54) is 24.3 Å². The van der Waals surface area contributed by atoms with Crippen molar-refractivity contribution >= 4 is 63.1 Å². The molecule has 1 unspecified atom stereocenters. The molecule has 26 heavy (non-hydrogen) atoms. The lowest BCUT2D eigenvalue weighted by Crippen LogP contribution is -2.20. The Labute approximate surface area is 165 Å². The average molecular weight is 423 g/mol. The zero-order chi connectivity index (χ0) is 19.0. The fourth-order valence-electron chi connectivity index (χ4n) is 2.53. The Morgan fingerprint density at radius 1 is 1.38 bits per heavy atom. The smallest absolute Gasteiger partial charge is 0.202 e. The summed E-state index contributed by atoms with van der Waals surface area (Å²) >= 11 is 11.7. The minimum absolute atomic E-state index is 0.0412. The van der Waals surface area contributed by atoms with Gasteiger partial charge in [0.1, 0.15) is 16.0 Å². The number of pyridine rings is 1. The first-order valence-electron chi connectivity index (χ1n) is 7.29. The monoisotopic (exact) mass is 422 g/mol. The predicted molar refractivity (Wildman–Crippen MR) is 106 cm³/mol. The molecular weight excluding hydrogens is 412 g/mol. The van der Waals surface area contributed by atoms with Crippen molar-refractivity contribution in [1.82, 2.24) is 4.98 Å². The number of thiophene rings is 1. The molecule has 0 amide bonds. The number of carbonyl (C=O) groups excluding carboxylic acids is 1. The second kappa shape index (κ2) is 7.37. The van der Waals surface area contributed by atoms with Crippen molar-refractivity contribution in [2.75, 3.05) is 0 Å².